The van der Waals surface area contributed by atoms with E-state index in [9.17, 15) is 0 Å². The van der Waals surface area contributed by atoms with Crippen LogP contribution in [0.25, 0.3) is 32.3 Å². The quantitative estimate of drug-likeness (QED) is 0.177. The Bertz CT molecular complexity index is 2150. The topological polar surface area (TPSA) is 21.8 Å². The highest BCUT2D eigenvalue weighted by Crippen LogP contribution is 2.49. The summed E-state index contributed by atoms with van der Waals surface area (Å²) in [5.74, 6) is 4.38. The molecule has 6 heteroatoms. The molecule has 0 bridgehead atoms. The second kappa shape index (κ2) is 9.08. The van der Waals surface area contributed by atoms with Crippen molar-refractivity contribution < 1.29 is 0 Å². The van der Waals surface area contributed by atoms with Gasteiger partial charge in [0, 0.05) is 28.3 Å². The number of hydrogen-bond donors (Lipinski definition) is 1. The zero-order valence-corrected chi connectivity index (χ0v) is 22.9. The van der Waals surface area contributed by atoms with E-state index in [0.29, 0.717) is 0 Å². The Balaban J connectivity index is 1.29. The van der Waals surface area contributed by atoms with Crippen molar-refractivity contribution in [2.45, 2.75) is 0 Å². The summed E-state index contributed by atoms with van der Waals surface area (Å²) < 4.78 is 0. The minimum Gasteiger partial charge on any atom is -0.384 e. The molecule has 1 N–H and O–H groups in total. The summed E-state index contributed by atoms with van der Waals surface area (Å²) in [7, 11) is 2.16. The van der Waals surface area contributed by atoms with Crippen LogP contribution in [0.5, 0.6) is 0 Å². The van der Waals surface area contributed by atoms with Crippen LogP contribution in [-0.2, 0) is 0 Å². The standard InChI is InChI=1S/C36H25B2N4/c1-2-10-32-29(9-1)39-23-7-5-21-37-41(32)30-19-15-25-14-18-28-31(20-16-26-13-17-27(30)35(25)36(26)28)42-34-12-4-3-11-33(34)40-24-8-6-22-38(40)42/h1-24,39H/b21-5-,23-7-. The Morgan fingerprint density at radius 2 is 1.26 bits per heavy atom. The van der Waals surface area contributed by atoms with Gasteiger partial charge in [-0.3, -0.25) is 0 Å². The van der Waals surface area contributed by atoms with E-state index in [0.717, 1.165) is 17.1 Å². The second-order valence-corrected chi connectivity index (χ2v) is 10.9. The van der Waals surface area contributed by atoms with Crippen molar-refractivity contribution in [1.82, 2.24) is 0 Å². The lowest BCUT2D eigenvalue weighted by Crippen LogP contribution is -2.42. The summed E-state index contributed by atoms with van der Waals surface area (Å²) in [5, 5.41) is 11.1. The van der Waals surface area contributed by atoms with E-state index in [1.807, 2.05) is 12.3 Å². The minimum absolute atomic E-state index is 0.102. The Morgan fingerprint density at radius 3 is 2.10 bits per heavy atom. The van der Waals surface area contributed by atoms with Crippen LogP contribution in [0.2, 0.25) is 0 Å². The zero-order chi connectivity index (χ0) is 27.6. The van der Waals surface area contributed by atoms with Gasteiger partial charge in [0.05, 0.1) is 22.7 Å². The van der Waals surface area contributed by atoms with E-state index >= 15 is 0 Å². The average Bonchev–Trinajstić information content (AvgIpc) is 3.42. The van der Waals surface area contributed by atoms with E-state index in [2.05, 4.69) is 161 Å². The van der Waals surface area contributed by atoms with Crippen LogP contribution in [0.1, 0.15) is 0 Å². The number of benzene rings is 6. The fourth-order valence-electron chi connectivity index (χ4n) is 6.90. The van der Waals surface area contributed by atoms with Crippen LogP contribution in [0.4, 0.5) is 34.1 Å². The Hall–Kier alpha value is -5.35. The first-order valence-corrected chi connectivity index (χ1v) is 14.4. The molecule has 3 heterocycles. The van der Waals surface area contributed by atoms with E-state index in [4.69, 9.17) is 0 Å². The monoisotopic (exact) mass is 535 g/mol. The molecule has 1 radical (unpaired) electrons. The van der Waals surface area contributed by atoms with Crippen LogP contribution in [-0.4, -0.2) is 14.4 Å². The first-order chi connectivity index (χ1) is 20.9. The number of fused-ring (bicyclic) bond motifs is 4. The van der Waals surface area contributed by atoms with Crippen molar-refractivity contribution in [3.8, 4) is 0 Å². The number of rotatable bonds is 2. The molecule has 0 saturated carbocycles. The van der Waals surface area contributed by atoms with E-state index in [-0.39, 0.29) is 6.98 Å². The number of nitrogens with zero attached hydrogens (tertiary/aromatic N) is 3. The van der Waals surface area contributed by atoms with Crippen LogP contribution >= 0.6 is 0 Å². The second-order valence-electron chi connectivity index (χ2n) is 10.9. The minimum atomic E-state index is 0.102. The highest BCUT2D eigenvalue weighted by molar-refractivity contribution is 6.77. The Kier molecular flexibility index (Phi) is 5.05. The van der Waals surface area contributed by atoms with Gasteiger partial charge in [0.2, 0.25) is 0 Å². The molecule has 4 nitrogen and oxygen atoms in total. The summed E-state index contributed by atoms with van der Waals surface area (Å²) in [6, 6.07) is 35.5. The van der Waals surface area contributed by atoms with Crippen molar-refractivity contribution in [2.24, 2.45) is 0 Å². The largest absolute Gasteiger partial charge is 0.412 e. The van der Waals surface area contributed by atoms with Crippen molar-refractivity contribution in [2.75, 3.05) is 19.7 Å². The fraction of sp³-hybridized carbons (Fsp3) is 0. The molecule has 3 aliphatic rings. The third kappa shape index (κ3) is 3.32. The molecule has 0 atom stereocenters. The molecule has 0 unspecified atom stereocenters. The van der Waals surface area contributed by atoms with Crippen molar-refractivity contribution in [1.29, 1.82) is 0 Å². The summed E-state index contributed by atoms with van der Waals surface area (Å²) in [6.07, 6.45) is 12.5. The molecular formula is C36H25B2N4. The first-order valence-electron chi connectivity index (χ1n) is 14.4. The van der Waals surface area contributed by atoms with Gasteiger partial charge in [0.25, 0.3) is 7.41 Å². The first kappa shape index (κ1) is 23.4. The van der Waals surface area contributed by atoms with Crippen molar-refractivity contribution >= 4 is 80.8 Å². The van der Waals surface area contributed by atoms with Crippen molar-refractivity contribution in [3.63, 3.8) is 0 Å². The van der Waals surface area contributed by atoms with Gasteiger partial charge < -0.3 is 19.7 Å². The summed E-state index contributed by atoms with van der Waals surface area (Å²) in [5.41, 5.74) is 7.00. The lowest BCUT2D eigenvalue weighted by Gasteiger charge is -2.29. The average molecular weight is 535 g/mol. The van der Waals surface area contributed by atoms with Crippen LogP contribution in [0, 0.1) is 0 Å². The van der Waals surface area contributed by atoms with E-state index in [1.54, 1.807) is 0 Å². The van der Waals surface area contributed by atoms with Gasteiger partial charge in [-0.2, -0.15) is 0 Å². The third-order valence-corrected chi connectivity index (χ3v) is 8.70. The molecule has 0 fully saturated rings. The SMILES string of the molecule is [B]1/C=C\C=C/Nc2ccccc2N1c1ccc2ccc3c(N4B5C=CC=CN5c5ccccc54)ccc4ccc1c2c43. The number of hydrogen-bond acceptors (Lipinski definition) is 4. The van der Waals surface area contributed by atoms with Crippen LogP contribution in [0.15, 0.2) is 146 Å². The zero-order valence-electron chi connectivity index (χ0n) is 22.9. The molecule has 0 aromatic heterocycles. The third-order valence-electron chi connectivity index (χ3n) is 8.70. The lowest BCUT2D eigenvalue weighted by atomic mass is 9.71. The molecule has 0 aliphatic carbocycles. The van der Waals surface area contributed by atoms with E-state index < -0.39 is 0 Å². The maximum Gasteiger partial charge on any atom is 0.412 e. The van der Waals surface area contributed by atoms with Gasteiger partial charge in [0.1, 0.15) is 0 Å². The molecule has 0 amide bonds. The predicted molar refractivity (Wildman–Crippen MR) is 181 cm³/mol. The van der Waals surface area contributed by atoms with Gasteiger partial charge >= 0.3 is 6.98 Å². The van der Waals surface area contributed by atoms with Gasteiger partial charge in [-0.25, -0.2) is 0 Å². The molecule has 3 aliphatic heterocycles. The van der Waals surface area contributed by atoms with Crippen LogP contribution in [0.3, 0.4) is 0 Å². The summed E-state index contributed by atoms with van der Waals surface area (Å²) >= 11 is 0. The van der Waals surface area contributed by atoms with Gasteiger partial charge in [-0.05, 0) is 76.3 Å². The van der Waals surface area contributed by atoms with Crippen molar-refractivity contribution in [3.05, 3.63) is 146 Å². The summed E-state index contributed by atoms with van der Waals surface area (Å²) in [4.78, 5) is 7.14. The Labute approximate surface area is 245 Å². The van der Waals surface area contributed by atoms with Gasteiger partial charge in [-0.15, -0.1) is 0 Å². The van der Waals surface area contributed by atoms with Gasteiger partial charge in [0.15, 0.2) is 0 Å². The summed E-state index contributed by atoms with van der Waals surface area (Å²) in [6.45, 7) is 0.102. The normalized spacial score (nSPS) is 17.0. The Morgan fingerprint density at radius 1 is 0.571 bits per heavy atom. The smallest absolute Gasteiger partial charge is 0.384 e. The molecule has 195 valence electrons. The van der Waals surface area contributed by atoms with Gasteiger partial charge in [-0.1, -0.05) is 84.8 Å². The number of nitrogens with one attached hydrogen (secondary N) is 1. The molecule has 0 spiro atoms. The number of allylic oxidation sites excluding steroid dienone is 4. The maximum atomic E-state index is 3.46. The predicted octanol–water partition coefficient (Wildman–Crippen LogP) is 8.86. The fourth-order valence-corrected chi connectivity index (χ4v) is 6.90. The highest BCUT2D eigenvalue weighted by Gasteiger charge is 2.40. The molecular weight excluding hydrogens is 510 g/mol. The molecule has 6 aromatic carbocycles. The molecule has 0 saturated heterocycles. The van der Waals surface area contributed by atoms with E-state index in [1.165, 1.54) is 49.4 Å². The molecule has 42 heavy (non-hydrogen) atoms. The molecule has 6 aromatic rings. The molecule has 9 rings (SSSR count). The maximum absolute atomic E-state index is 3.46. The number of anilines is 6. The number of para-hydroxylation sites is 4. The van der Waals surface area contributed by atoms with Crippen LogP contribution < -0.4 is 19.7 Å². The lowest BCUT2D eigenvalue weighted by molar-refractivity contribution is 1.40. The highest BCUT2D eigenvalue weighted by atomic mass is 15.3.